The van der Waals surface area contributed by atoms with Crippen molar-refractivity contribution < 1.29 is 24.2 Å². The summed E-state index contributed by atoms with van der Waals surface area (Å²) in [6.07, 6.45) is 7.92. The molecule has 178 valence electrons. The molecule has 0 bridgehead atoms. The number of aromatic nitrogens is 4. The summed E-state index contributed by atoms with van der Waals surface area (Å²) in [5.41, 5.74) is 2.05. The zero-order valence-electron chi connectivity index (χ0n) is 19.4. The Balaban J connectivity index is 1.42. The maximum atomic E-state index is 12.3. The van der Waals surface area contributed by atoms with Gasteiger partial charge in [0, 0.05) is 20.6 Å². The summed E-state index contributed by atoms with van der Waals surface area (Å²) >= 11 is 0. The number of rotatable bonds is 8. The molecule has 0 aromatic carbocycles. The van der Waals surface area contributed by atoms with Crippen LogP contribution in [-0.4, -0.2) is 61.5 Å². The van der Waals surface area contributed by atoms with Crippen LogP contribution < -0.4 is 4.74 Å². The van der Waals surface area contributed by atoms with E-state index in [2.05, 4.69) is 15.1 Å². The van der Waals surface area contributed by atoms with Gasteiger partial charge in [-0.1, -0.05) is 0 Å². The Morgan fingerprint density at radius 3 is 2.73 bits per heavy atom. The summed E-state index contributed by atoms with van der Waals surface area (Å²) in [7, 11) is 3.54. The molecule has 0 aliphatic heterocycles. The van der Waals surface area contributed by atoms with E-state index in [1.54, 1.807) is 36.1 Å². The first-order valence-corrected chi connectivity index (χ1v) is 11.4. The average molecular weight is 458 g/mol. The van der Waals surface area contributed by atoms with Crippen molar-refractivity contribution in [1.29, 1.82) is 0 Å². The van der Waals surface area contributed by atoms with Crippen LogP contribution >= 0.6 is 0 Å². The van der Waals surface area contributed by atoms with Gasteiger partial charge in [0.2, 0.25) is 0 Å². The van der Waals surface area contributed by atoms with Gasteiger partial charge < -0.3 is 19.5 Å². The Morgan fingerprint density at radius 1 is 1.24 bits per heavy atom. The molecule has 4 rings (SSSR count). The summed E-state index contributed by atoms with van der Waals surface area (Å²) < 4.78 is 13.2. The van der Waals surface area contributed by atoms with E-state index in [0.717, 1.165) is 19.4 Å². The molecule has 0 spiro atoms. The van der Waals surface area contributed by atoms with Gasteiger partial charge in [0.25, 0.3) is 0 Å². The lowest BCUT2D eigenvalue weighted by Crippen LogP contribution is -2.29. The van der Waals surface area contributed by atoms with Gasteiger partial charge >= 0.3 is 12.1 Å². The zero-order chi connectivity index (χ0) is 23.5. The predicted octanol–water partition coefficient (Wildman–Crippen LogP) is 3.19. The van der Waals surface area contributed by atoms with Crippen LogP contribution in [0.15, 0.2) is 12.4 Å². The standard InChI is InChI=1S/C23H31N5O5/c1-14-20(33-17-6-4-5-16(9-17)22(29)30)11-24-21(26-14)18-10-25-28(3)19(18)13-32-23(31)27(2)12-15-7-8-15/h10-11,15-17H,4-9,12-13H2,1-3H3,(H,29,30)/t16-,17-/m0/s1. The molecule has 2 aliphatic carbocycles. The number of carbonyl (C=O) groups excluding carboxylic acids is 1. The van der Waals surface area contributed by atoms with Crippen molar-refractivity contribution in [2.45, 2.75) is 58.2 Å². The van der Waals surface area contributed by atoms with Crippen LogP contribution in [0.5, 0.6) is 5.75 Å². The minimum atomic E-state index is -0.768. The largest absolute Gasteiger partial charge is 0.487 e. The Hall–Kier alpha value is -3.17. The van der Waals surface area contributed by atoms with Crippen molar-refractivity contribution in [2.24, 2.45) is 18.9 Å². The molecule has 2 aromatic heterocycles. The van der Waals surface area contributed by atoms with E-state index in [1.807, 2.05) is 6.92 Å². The first-order valence-electron chi connectivity index (χ1n) is 11.4. The molecular formula is C23H31N5O5. The van der Waals surface area contributed by atoms with E-state index in [0.29, 0.717) is 47.3 Å². The number of aliphatic carboxylic acids is 1. The molecule has 33 heavy (non-hydrogen) atoms. The van der Waals surface area contributed by atoms with Gasteiger partial charge in [0.1, 0.15) is 6.61 Å². The fraction of sp³-hybridized carbons (Fsp3) is 0.609. The summed E-state index contributed by atoms with van der Waals surface area (Å²) in [5, 5.41) is 13.6. The van der Waals surface area contributed by atoms with E-state index in [4.69, 9.17) is 9.47 Å². The molecule has 10 heteroatoms. The molecule has 1 amide bonds. The number of carboxylic acids is 1. The van der Waals surface area contributed by atoms with Gasteiger partial charge in [-0.25, -0.2) is 14.8 Å². The summed E-state index contributed by atoms with van der Waals surface area (Å²) in [6.45, 7) is 2.62. The molecule has 10 nitrogen and oxygen atoms in total. The van der Waals surface area contributed by atoms with Crippen molar-refractivity contribution in [3.63, 3.8) is 0 Å². The highest BCUT2D eigenvalue weighted by atomic mass is 16.6. The third-order valence-electron chi connectivity index (χ3n) is 6.38. The number of hydrogen-bond donors (Lipinski definition) is 1. The summed E-state index contributed by atoms with van der Waals surface area (Å²) in [6, 6.07) is 0. The number of carboxylic acid groups (broad SMARTS) is 1. The monoisotopic (exact) mass is 457 g/mol. The molecule has 1 N–H and O–H groups in total. The normalized spacial score (nSPS) is 20.3. The number of ether oxygens (including phenoxy) is 2. The van der Waals surface area contributed by atoms with Gasteiger partial charge in [-0.05, 0) is 51.4 Å². The average Bonchev–Trinajstić information content (AvgIpc) is 3.53. The second-order valence-corrected chi connectivity index (χ2v) is 9.09. The lowest BCUT2D eigenvalue weighted by molar-refractivity contribution is -0.143. The van der Waals surface area contributed by atoms with Crippen LogP contribution in [0, 0.1) is 18.8 Å². The highest BCUT2D eigenvalue weighted by Crippen LogP contribution is 2.31. The lowest BCUT2D eigenvalue weighted by atomic mass is 9.87. The molecule has 0 radical (unpaired) electrons. The summed E-state index contributed by atoms with van der Waals surface area (Å²) in [5.74, 6) is 0.477. The minimum Gasteiger partial charge on any atom is -0.487 e. The fourth-order valence-electron chi connectivity index (χ4n) is 4.18. The highest BCUT2D eigenvalue weighted by molar-refractivity contribution is 5.70. The summed E-state index contributed by atoms with van der Waals surface area (Å²) in [4.78, 5) is 34.3. The molecule has 0 saturated heterocycles. The second-order valence-electron chi connectivity index (χ2n) is 9.09. The van der Waals surface area contributed by atoms with Gasteiger partial charge in [0.15, 0.2) is 11.6 Å². The van der Waals surface area contributed by atoms with Crippen LogP contribution in [0.1, 0.15) is 49.9 Å². The van der Waals surface area contributed by atoms with Gasteiger partial charge in [0.05, 0.1) is 41.4 Å². The van der Waals surface area contributed by atoms with Crippen molar-refractivity contribution in [1.82, 2.24) is 24.6 Å². The quantitative estimate of drug-likeness (QED) is 0.642. The van der Waals surface area contributed by atoms with Crippen LogP contribution in [0.25, 0.3) is 11.4 Å². The molecule has 2 heterocycles. The number of nitrogens with zero attached hydrogens (tertiary/aromatic N) is 5. The van der Waals surface area contributed by atoms with Crippen molar-refractivity contribution >= 4 is 12.1 Å². The first-order chi connectivity index (χ1) is 15.8. The topological polar surface area (TPSA) is 120 Å². The van der Waals surface area contributed by atoms with E-state index >= 15 is 0 Å². The number of hydrogen-bond acceptors (Lipinski definition) is 7. The number of amides is 1. The Labute approximate surface area is 192 Å². The fourth-order valence-corrected chi connectivity index (χ4v) is 4.18. The molecule has 2 aromatic rings. The molecular weight excluding hydrogens is 426 g/mol. The van der Waals surface area contributed by atoms with Crippen LogP contribution in [0.3, 0.4) is 0 Å². The SMILES string of the molecule is Cc1nc(-c2cnn(C)c2COC(=O)N(C)CC2CC2)ncc1O[C@H]1CCC[C@H](C(=O)O)C1. The maximum absolute atomic E-state index is 12.3. The Morgan fingerprint density at radius 2 is 2.03 bits per heavy atom. The number of aryl methyl sites for hydroxylation is 2. The number of carbonyl (C=O) groups is 2. The van der Waals surface area contributed by atoms with Gasteiger partial charge in [-0.3, -0.25) is 9.48 Å². The first kappa shape index (κ1) is 23.0. The van der Waals surface area contributed by atoms with Crippen LogP contribution in [-0.2, 0) is 23.2 Å². The van der Waals surface area contributed by atoms with Gasteiger partial charge in [-0.2, -0.15) is 5.10 Å². The highest BCUT2D eigenvalue weighted by Gasteiger charge is 2.29. The molecule has 2 saturated carbocycles. The second kappa shape index (κ2) is 9.76. The third kappa shape index (κ3) is 5.61. The van der Waals surface area contributed by atoms with Crippen molar-refractivity contribution in [3.05, 3.63) is 23.8 Å². The molecule has 0 unspecified atom stereocenters. The third-order valence-corrected chi connectivity index (χ3v) is 6.38. The zero-order valence-corrected chi connectivity index (χ0v) is 19.4. The Kier molecular flexibility index (Phi) is 6.80. The Bertz CT molecular complexity index is 1020. The predicted molar refractivity (Wildman–Crippen MR) is 119 cm³/mol. The molecule has 2 aliphatic rings. The van der Waals surface area contributed by atoms with E-state index in [1.165, 1.54) is 12.8 Å². The maximum Gasteiger partial charge on any atom is 0.409 e. The minimum absolute atomic E-state index is 0.0684. The van der Waals surface area contributed by atoms with E-state index < -0.39 is 5.97 Å². The van der Waals surface area contributed by atoms with E-state index in [-0.39, 0.29) is 24.7 Å². The van der Waals surface area contributed by atoms with Crippen molar-refractivity contribution in [3.8, 4) is 17.1 Å². The molecule has 2 atom stereocenters. The van der Waals surface area contributed by atoms with Crippen LogP contribution in [0.2, 0.25) is 0 Å². The molecule has 2 fully saturated rings. The van der Waals surface area contributed by atoms with Crippen molar-refractivity contribution in [2.75, 3.05) is 13.6 Å². The van der Waals surface area contributed by atoms with Crippen LogP contribution in [0.4, 0.5) is 4.79 Å². The smallest absolute Gasteiger partial charge is 0.409 e. The van der Waals surface area contributed by atoms with Gasteiger partial charge in [-0.15, -0.1) is 0 Å². The van der Waals surface area contributed by atoms with E-state index in [9.17, 15) is 14.7 Å². The lowest BCUT2D eigenvalue weighted by Gasteiger charge is -2.27.